The molecule has 1 saturated heterocycles. The van der Waals surface area contributed by atoms with Crippen molar-refractivity contribution in [1.82, 2.24) is 0 Å². The molecule has 0 aromatic heterocycles. The van der Waals surface area contributed by atoms with Crippen molar-refractivity contribution in [2.24, 2.45) is 5.41 Å². The summed E-state index contributed by atoms with van der Waals surface area (Å²) in [4.78, 5) is 0. The molecule has 3 heteroatoms. The van der Waals surface area contributed by atoms with E-state index in [1.54, 1.807) is 0 Å². The van der Waals surface area contributed by atoms with Crippen LogP contribution in [0.5, 0.6) is 0 Å². The van der Waals surface area contributed by atoms with E-state index in [4.69, 9.17) is 6.15 Å². The third-order valence-corrected chi connectivity index (χ3v) is 14.6. The average molecular weight is 359 g/mol. The van der Waals surface area contributed by atoms with Crippen LogP contribution < -0.4 is 0 Å². The van der Waals surface area contributed by atoms with Crippen LogP contribution in [-0.4, -0.2) is 32.4 Å². The van der Waals surface area contributed by atoms with Crippen LogP contribution in [0.4, 0.5) is 0 Å². The van der Waals surface area contributed by atoms with Crippen LogP contribution in [0.15, 0.2) is 12.2 Å². The van der Waals surface area contributed by atoms with Gasteiger partial charge in [-0.05, 0) is 0 Å². The van der Waals surface area contributed by atoms with Gasteiger partial charge in [-0.1, -0.05) is 0 Å². The Morgan fingerprint density at radius 2 is 1.44 bits per heavy atom. The van der Waals surface area contributed by atoms with Crippen molar-refractivity contribution in [1.29, 1.82) is 0 Å². The van der Waals surface area contributed by atoms with Gasteiger partial charge in [-0.15, -0.1) is 0 Å². The van der Waals surface area contributed by atoms with Crippen LogP contribution in [0.2, 0.25) is 8.87 Å². The molecular weight excluding hydrogens is 331 g/mol. The predicted octanol–water partition coefficient (Wildman–Crippen LogP) is 4.41. The van der Waals surface area contributed by atoms with Gasteiger partial charge in [-0.25, -0.2) is 0 Å². The van der Waals surface area contributed by atoms with Crippen LogP contribution in [0.25, 0.3) is 0 Å². The first kappa shape index (κ1) is 14.9. The first-order valence-corrected chi connectivity index (χ1v) is 14.0. The van der Waals surface area contributed by atoms with Gasteiger partial charge < -0.3 is 0 Å². The van der Waals surface area contributed by atoms with Crippen LogP contribution in [0.1, 0.15) is 52.4 Å². The SMILES string of the molecule is CCC[CH2][Sn]1([CH2]CCC)[O]CC2(CC=CC2)C[O]1. The fraction of sp³-hybridized carbons (Fsp3) is 0.867. The Balaban J connectivity index is 1.91. The van der Waals surface area contributed by atoms with Gasteiger partial charge in [0.1, 0.15) is 0 Å². The molecular formula is C15H28O2Sn. The summed E-state index contributed by atoms with van der Waals surface area (Å²) in [5, 5.41) is 0. The van der Waals surface area contributed by atoms with E-state index in [0.717, 1.165) is 26.1 Å². The molecule has 0 aromatic carbocycles. The van der Waals surface area contributed by atoms with Crippen molar-refractivity contribution in [3.63, 3.8) is 0 Å². The molecule has 1 aliphatic carbocycles. The minimum absolute atomic E-state index is 0.318. The van der Waals surface area contributed by atoms with Crippen molar-refractivity contribution in [2.45, 2.75) is 61.2 Å². The number of allylic oxidation sites excluding steroid dienone is 2. The van der Waals surface area contributed by atoms with E-state index in [1.165, 1.54) is 34.6 Å². The topological polar surface area (TPSA) is 18.5 Å². The third-order valence-electron chi connectivity index (χ3n) is 4.37. The predicted molar refractivity (Wildman–Crippen MR) is 77.9 cm³/mol. The Morgan fingerprint density at radius 3 is 1.89 bits per heavy atom. The summed E-state index contributed by atoms with van der Waals surface area (Å²) in [6, 6.07) is 0. The van der Waals surface area contributed by atoms with E-state index in [0.29, 0.717) is 5.41 Å². The summed E-state index contributed by atoms with van der Waals surface area (Å²) in [7, 11) is 0. The van der Waals surface area contributed by atoms with Gasteiger partial charge in [-0.2, -0.15) is 0 Å². The van der Waals surface area contributed by atoms with Gasteiger partial charge >= 0.3 is 117 Å². The molecule has 18 heavy (non-hydrogen) atoms. The van der Waals surface area contributed by atoms with Crippen molar-refractivity contribution < 1.29 is 6.15 Å². The number of hydrogen-bond acceptors (Lipinski definition) is 2. The maximum atomic E-state index is 6.46. The fourth-order valence-electron chi connectivity index (χ4n) is 2.94. The van der Waals surface area contributed by atoms with Gasteiger partial charge in [0.15, 0.2) is 0 Å². The van der Waals surface area contributed by atoms with Crippen LogP contribution in [-0.2, 0) is 6.15 Å². The van der Waals surface area contributed by atoms with Crippen molar-refractivity contribution in [2.75, 3.05) is 13.2 Å². The molecule has 2 nitrogen and oxygen atoms in total. The zero-order chi connectivity index (χ0) is 12.9. The zero-order valence-corrected chi connectivity index (χ0v) is 14.9. The normalized spacial score (nSPS) is 24.8. The van der Waals surface area contributed by atoms with E-state index in [2.05, 4.69) is 26.0 Å². The van der Waals surface area contributed by atoms with Crippen molar-refractivity contribution >= 4 is 19.2 Å². The fourth-order valence-corrected chi connectivity index (χ4v) is 13.9. The number of rotatable bonds is 6. The molecule has 104 valence electrons. The van der Waals surface area contributed by atoms with E-state index < -0.39 is 19.2 Å². The molecule has 0 bridgehead atoms. The second kappa shape index (κ2) is 6.76. The van der Waals surface area contributed by atoms with E-state index in [-0.39, 0.29) is 0 Å². The van der Waals surface area contributed by atoms with Gasteiger partial charge in [0, 0.05) is 0 Å². The molecule has 1 spiro atoms. The Bertz CT molecular complexity index is 260. The van der Waals surface area contributed by atoms with E-state index in [9.17, 15) is 0 Å². The van der Waals surface area contributed by atoms with Gasteiger partial charge in [0.05, 0.1) is 0 Å². The van der Waals surface area contributed by atoms with Gasteiger partial charge in [0.25, 0.3) is 0 Å². The first-order valence-electron chi connectivity index (χ1n) is 7.67. The molecule has 2 rings (SSSR count). The molecule has 1 heterocycles. The van der Waals surface area contributed by atoms with Gasteiger partial charge in [-0.3, -0.25) is 0 Å². The first-order chi connectivity index (χ1) is 8.74. The molecule has 2 aliphatic rings. The number of hydrogen-bond donors (Lipinski definition) is 0. The third kappa shape index (κ3) is 3.51. The summed E-state index contributed by atoms with van der Waals surface area (Å²) in [6.07, 6.45) is 12.1. The van der Waals surface area contributed by atoms with E-state index >= 15 is 0 Å². The quantitative estimate of drug-likeness (QED) is 0.517. The molecule has 1 aliphatic heterocycles. The Labute approximate surface area is 117 Å². The second-order valence-electron chi connectivity index (χ2n) is 6.07. The van der Waals surface area contributed by atoms with Crippen LogP contribution in [0, 0.1) is 5.41 Å². The summed E-state index contributed by atoms with van der Waals surface area (Å²) in [6.45, 7) is 6.49. The Hall–Kier alpha value is 0.459. The monoisotopic (exact) mass is 360 g/mol. The average Bonchev–Trinajstić information content (AvgIpc) is 2.86. The number of unbranched alkanes of at least 4 members (excludes halogenated alkanes) is 2. The van der Waals surface area contributed by atoms with Gasteiger partial charge in [0.2, 0.25) is 0 Å². The van der Waals surface area contributed by atoms with E-state index in [1.807, 2.05) is 0 Å². The molecule has 0 atom stereocenters. The summed E-state index contributed by atoms with van der Waals surface area (Å²) >= 11 is -2.66. The summed E-state index contributed by atoms with van der Waals surface area (Å²) in [5.41, 5.74) is 0.318. The van der Waals surface area contributed by atoms with Crippen molar-refractivity contribution in [3.05, 3.63) is 12.2 Å². The Kier molecular flexibility index (Phi) is 5.58. The molecule has 0 unspecified atom stereocenters. The van der Waals surface area contributed by atoms with Crippen molar-refractivity contribution in [3.8, 4) is 0 Å². The second-order valence-corrected chi connectivity index (χ2v) is 15.8. The standard InChI is InChI=1S/C7H10O2.2C4H9.Sn/c8-5-7(6-9)3-1-2-4-7;2*1-3-4-2;/h1-2H,3-6H2;2*1,3-4H2,2H3;/q-2;;;+2. The molecule has 0 N–H and O–H groups in total. The molecule has 0 amide bonds. The minimum atomic E-state index is -2.66. The zero-order valence-electron chi connectivity index (χ0n) is 12.0. The summed E-state index contributed by atoms with van der Waals surface area (Å²) < 4.78 is 15.5. The Morgan fingerprint density at radius 1 is 0.944 bits per heavy atom. The molecule has 1 fully saturated rings. The molecule has 0 radical (unpaired) electrons. The molecule has 0 saturated carbocycles. The van der Waals surface area contributed by atoms with Crippen LogP contribution in [0.3, 0.4) is 0 Å². The summed E-state index contributed by atoms with van der Waals surface area (Å²) in [5.74, 6) is 0. The maximum absolute atomic E-state index is 6.46. The van der Waals surface area contributed by atoms with Crippen LogP contribution >= 0.6 is 0 Å². The molecule has 0 aromatic rings.